The summed E-state index contributed by atoms with van der Waals surface area (Å²) in [7, 11) is 0. The minimum atomic E-state index is -0.325. The lowest BCUT2D eigenvalue weighted by molar-refractivity contribution is 0.208. The average molecular weight is 374 g/mol. The molecule has 136 valence electrons. The molecule has 0 unspecified atom stereocenters. The molecule has 2 aromatic rings. The Bertz CT molecular complexity index is 856. The van der Waals surface area contributed by atoms with Crippen LogP contribution in [0, 0.1) is 19.7 Å². The summed E-state index contributed by atoms with van der Waals surface area (Å²) in [6.07, 6.45) is 5.00. The molecule has 1 aromatic carbocycles. The van der Waals surface area contributed by atoms with Gasteiger partial charge in [-0.05, 0) is 50.5 Å². The van der Waals surface area contributed by atoms with Gasteiger partial charge in [0.25, 0.3) is 0 Å². The second-order valence-corrected chi connectivity index (χ2v) is 6.89. The number of carbonyl (C=O) groups is 1. The molecule has 0 atom stereocenters. The predicted molar refractivity (Wildman–Crippen MR) is 103 cm³/mol. The summed E-state index contributed by atoms with van der Waals surface area (Å²) < 4.78 is 13.9. The van der Waals surface area contributed by atoms with E-state index >= 15 is 0 Å². The van der Waals surface area contributed by atoms with E-state index in [-0.39, 0.29) is 11.8 Å². The van der Waals surface area contributed by atoms with Crippen molar-refractivity contribution in [1.29, 1.82) is 0 Å². The molecule has 0 radical (unpaired) electrons. The van der Waals surface area contributed by atoms with E-state index in [1.807, 2.05) is 19.9 Å². The van der Waals surface area contributed by atoms with Crippen LogP contribution in [0.4, 0.5) is 14.9 Å². The third-order valence-corrected chi connectivity index (χ3v) is 4.95. The van der Waals surface area contributed by atoms with Crippen LogP contribution < -0.4 is 5.32 Å². The normalized spacial score (nSPS) is 14.3. The van der Waals surface area contributed by atoms with Gasteiger partial charge in [-0.25, -0.2) is 9.18 Å². The lowest BCUT2D eigenvalue weighted by Gasteiger charge is -2.29. The first-order chi connectivity index (χ1) is 12.4. The Morgan fingerprint density at radius 2 is 2.00 bits per heavy atom. The van der Waals surface area contributed by atoms with E-state index in [0.29, 0.717) is 23.7 Å². The summed E-state index contributed by atoms with van der Waals surface area (Å²) in [4.78, 5) is 18.5. The fourth-order valence-corrected chi connectivity index (χ4v) is 3.11. The van der Waals surface area contributed by atoms with Crippen LogP contribution in [0.15, 0.2) is 36.0 Å². The van der Waals surface area contributed by atoms with Crippen molar-refractivity contribution in [2.24, 2.45) is 0 Å². The third-order valence-electron chi connectivity index (χ3n) is 4.71. The van der Waals surface area contributed by atoms with Crippen LogP contribution in [0.3, 0.4) is 0 Å². The highest BCUT2D eigenvalue weighted by Gasteiger charge is 2.20. The van der Waals surface area contributed by atoms with E-state index in [0.717, 1.165) is 35.4 Å². The van der Waals surface area contributed by atoms with Crippen LogP contribution in [0.2, 0.25) is 5.02 Å². The molecule has 0 bridgehead atoms. The van der Waals surface area contributed by atoms with E-state index in [1.54, 1.807) is 29.3 Å². The largest absolute Gasteiger partial charge is 0.324 e. The van der Waals surface area contributed by atoms with E-state index in [1.165, 1.54) is 6.07 Å². The van der Waals surface area contributed by atoms with Crippen molar-refractivity contribution in [2.45, 2.75) is 26.7 Å². The highest BCUT2D eigenvalue weighted by molar-refractivity contribution is 6.30. The molecule has 1 fully saturated rings. The number of aryl methyl sites for hydroxylation is 1. The molecule has 1 N–H and O–H groups in total. The molecule has 2 amide bonds. The van der Waals surface area contributed by atoms with Gasteiger partial charge in [0.2, 0.25) is 0 Å². The van der Waals surface area contributed by atoms with Crippen molar-refractivity contribution in [3.05, 3.63) is 63.7 Å². The van der Waals surface area contributed by atoms with E-state index < -0.39 is 0 Å². The molecule has 0 saturated carbocycles. The summed E-state index contributed by atoms with van der Waals surface area (Å²) in [6.45, 7) is 5.07. The number of halogens is 2. The number of nitrogens with zero attached hydrogens (tertiary/aromatic N) is 2. The first kappa shape index (κ1) is 18.4. The second kappa shape index (κ2) is 7.87. The molecule has 0 spiro atoms. The maximum Gasteiger partial charge on any atom is 0.321 e. The number of piperidine rings is 1. The molecule has 4 nitrogen and oxygen atoms in total. The van der Waals surface area contributed by atoms with Gasteiger partial charge < -0.3 is 10.2 Å². The second-order valence-electron chi connectivity index (χ2n) is 6.45. The van der Waals surface area contributed by atoms with Crippen molar-refractivity contribution < 1.29 is 9.18 Å². The fourth-order valence-electron chi connectivity index (χ4n) is 2.95. The van der Waals surface area contributed by atoms with Crippen molar-refractivity contribution >= 4 is 29.4 Å². The number of hydrogen-bond acceptors (Lipinski definition) is 2. The van der Waals surface area contributed by atoms with Crippen LogP contribution >= 0.6 is 11.6 Å². The Kier molecular flexibility index (Phi) is 5.57. The number of benzene rings is 1. The van der Waals surface area contributed by atoms with Gasteiger partial charge in [0.1, 0.15) is 5.82 Å². The lowest BCUT2D eigenvalue weighted by Crippen LogP contribution is -2.39. The van der Waals surface area contributed by atoms with Gasteiger partial charge in [-0.15, -0.1) is 0 Å². The predicted octanol–water partition coefficient (Wildman–Crippen LogP) is 5.20. The van der Waals surface area contributed by atoms with Gasteiger partial charge in [-0.1, -0.05) is 29.3 Å². The number of amides is 2. The first-order valence-electron chi connectivity index (χ1n) is 8.56. The Morgan fingerprint density at radius 3 is 2.69 bits per heavy atom. The Balaban J connectivity index is 1.62. The molecular weight excluding hydrogens is 353 g/mol. The molecule has 6 heteroatoms. The number of likely N-dealkylation sites (tertiary alicyclic amines) is 1. The minimum absolute atomic E-state index is 0.115. The zero-order chi connectivity index (χ0) is 18.7. The Morgan fingerprint density at radius 1 is 1.27 bits per heavy atom. The van der Waals surface area contributed by atoms with E-state index in [9.17, 15) is 9.18 Å². The molecular formula is C20H21ClFN3O. The summed E-state index contributed by atoms with van der Waals surface area (Å²) in [6, 6.07) is 6.36. The monoisotopic (exact) mass is 373 g/mol. The standard InChI is InChI=1S/C20H21ClFN3O/c1-13-14(2)23-8-5-19(13)24-20(26)25-9-6-15(7-10-25)11-16-3-4-17(21)12-18(16)22/h3-5,8,11-12H,6-7,9-10H2,1-2H3,(H,23,24,26). The van der Waals surface area contributed by atoms with Crippen LogP contribution in [0.1, 0.15) is 29.7 Å². The van der Waals surface area contributed by atoms with Gasteiger partial charge in [-0.2, -0.15) is 0 Å². The van der Waals surface area contributed by atoms with Crippen LogP contribution in [0.5, 0.6) is 0 Å². The number of hydrogen-bond donors (Lipinski definition) is 1. The van der Waals surface area contributed by atoms with Gasteiger partial charge in [0.05, 0.1) is 0 Å². The molecule has 1 saturated heterocycles. The van der Waals surface area contributed by atoms with Crippen molar-refractivity contribution in [3.8, 4) is 0 Å². The fraction of sp³-hybridized carbons (Fsp3) is 0.300. The molecule has 1 aromatic heterocycles. The Hall–Kier alpha value is -2.40. The molecule has 0 aliphatic carbocycles. The maximum absolute atomic E-state index is 13.9. The van der Waals surface area contributed by atoms with Crippen molar-refractivity contribution in [3.63, 3.8) is 0 Å². The highest BCUT2D eigenvalue weighted by Crippen LogP contribution is 2.23. The van der Waals surface area contributed by atoms with Crippen molar-refractivity contribution in [1.82, 2.24) is 9.88 Å². The van der Waals surface area contributed by atoms with Crippen LogP contribution in [0.25, 0.3) is 6.08 Å². The number of nitrogens with one attached hydrogen (secondary N) is 1. The van der Waals surface area contributed by atoms with Gasteiger partial charge in [0.15, 0.2) is 0 Å². The number of aromatic nitrogens is 1. The molecule has 2 heterocycles. The summed E-state index contributed by atoms with van der Waals surface area (Å²) in [5.74, 6) is -0.325. The summed E-state index contributed by atoms with van der Waals surface area (Å²) in [5, 5.41) is 3.34. The maximum atomic E-state index is 13.9. The van der Waals surface area contributed by atoms with E-state index in [2.05, 4.69) is 10.3 Å². The Labute approximate surface area is 157 Å². The minimum Gasteiger partial charge on any atom is -0.324 e. The quantitative estimate of drug-likeness (QED) is 0.786. The van der Waals surface area contributed by atoms with Gasteiger partial charge in [0, 0.05) is 41.3 Å². The highest BCUT2D eigenvalue weighted by atomic mass is 35.5. The molecule has 1 aliphatic heterocycles. The molecule has 26 heavy (non-hydrogen) atoms. The molecule has 1 aliphatic rings. The number of rotatable bonds is 2. The SMILES string of the molecule is Cc1nccc(NC(=O)N2CCC(=Cc3ccc(Cl)cc3F)CC2)c1C. The van der Waals surface area contributed by atoms with Crippen molar-refractivity contribution in [2.75, 3.05) is 18.4 Å². The average Bonchev–Trinajstić information content (AvgIpc) is 2.62. The number of carbonyl (C=O) groups excluding carboxylic acids is 1. The third kappa shape index (κ3) is 4.22. The van der Waals surface area contributed by atoms with Crippen LogP contribution in [-0.2, 0) is 0 Å². The van der Waals surface area contributed by atoms with E-state index in [4.69, 9.17) is 11.6 Å². The topological polar surface area (TPSA) is 45.2 Å². The molecule has 3 rings (SSSR count). The number of urea groups is 1. The summed E-state index contributed by atoms with van der Waals surface area (Å²) in [5.41, 5.74) is 4.32. The van der Waals surface area contributed by atoms with Crippen LogP contribution in [-0.4, -0.2) is 29.0 Å². The summed E-state index contributed by atoms with van der Waals surface area (Å²) >= 11 is 5.79. The van der Waals surface area contributed by atoms with Gasteiger partial charge in [-0.3, -0.25) is 4.98 Å². The number of pyridine rings is 1. The lowest BCUT2D eigenvalue weighted by atomic mass is 10.0. The van der Waals surface area contributed by atoms with Gasteiger partial charge >= 0.3 is 6.03 Å². The zero-order valence-corrected chi connectivity index (χ0v) is 15.6. The number of anilines is 1. The first-order valence-corrected chi connectivity index (χ1v) is 8.94. The smallest absolute Gasteiger partial charge is 0.321 e. The zero-order valence-electron chi connectivity index (χ0n) is 14.9.